The molecule has 1 aromatic heterocycles. The zero-order valence-corrected chi connectivity index (χ0v) is 12.5. The van der Waals surface area contributed by atoms with Gasteiger partial charge in [-0.05, 0) is 34.5 Å². The van der Waals surface area contributed by atoms with Crippen LogP contribution in [0.3, 0.4) is 0 Å². The predicted octanol–water partition coefficient (Wildman–Crippen LogP) is 1.09. The van der Waals surface area contributed by atoms with E-state index >= 15 is 0 Å². The molecule has 21 heavy (non-hydrogen) atoms. The average Bonchev–Trinajstić information content (AvgIpc) is 2.45. The van der Waals surface area contributed by atoms with Crippen LogP contribution in [0, 0.1) is 11.8 Å². The zero-order chi connectivity index (χ0) is 15.6. The number of hydrogen-bond donors (Lipinski definition) is 2. The Morgan fingerprint density at radius 2 is 1.90 bits per heavy atom. The Kier molecular flexibility index (Phi) is 4.56. The molecule has 1 fully saturated rings. The standard InChI is InChI=1S/C13H13BrN2O5/c14-10-5-7(1-3-15-10)11(17)16-4-2-8(12(18)19)9(6-16)13(20)21/h1,3,5,8-9H,2,4,6H2,(H,18,19)(H,20,21). The smallest absolute Gasteiger partial charge is 0.309 e. The number of carbonyl (C=O) groups excluding carboxylic acids is 1. The summed E-state index contributed by atoms with van der Waals surface area (Å²) in [4.78, 5) is 39.9. The highest BCUT2D eigenvalue weighted by Crippen LogP contribution is 2.25. The van der Waals surface area contributed by atoms with Crippen molar-refractivity contribution in [3.8, 4) is 0 Å². The first-order chi connectivity index (χ1) is 9.90. The summed E-state index contributed by atoms with van der Waals surface area (Å²) in [6, 6.07) is 3.08. The minimum atomic E-state index is -1.20. The maximum Gasteiger partial charge on any atom is 0.309 e. The van der Waals surface area contributed by atoms with E-state index in [9.17, 15) is 14.4 Å². The molecule has 0 bridgehead atoms. The number of rotatable bonds is 3. The van der Waals surface area contributed by atoms with Crippen LogP contribution in [0.2, 0.25) is 0 Å². The molecule has 0 radical (unpaired) electrons. The lowest BCUT2D eigenvalue weighted by Crippen LogP contribution is -2.48. The molecule has 1 aliphatic rings. The number of pyridine rings is 1. The maximum atomic E-state index is 12.3. The van der Waals surface area contributed by atoms with E-state index in [1.165, 1.54) is 17.2 Å². The van der Waals surface area contributed by atoms with Crippen LogP contribution in [0.5, 0.6) is 0 Å². The molecular formula is C13H13BrN2O5. The van der Waals surface area contributed by atoms with Crippen molar-refractivity contribution in [1.29, 1.82) is 0 Å². The van der Waals surface area contributed by atoms with Crippen LogP contribution >= 0.6 is 15.9 Å². The molecule has 2 rings (SSSR count). The molecule has 2 atom stereocenters. The van der Waals surface area contributed by atoms with Crippen molar-refractivity contribution in [3.63, 3.8) is 0 Å². The Balaban J connectivity index is 2.17. The van der Waals surface area contributed by atoms with E-state index in [4.69, 9.17) is 10.2 Å². The van der Waals surface area contributed by atoms with Crippen molar-refractivity contribution in [2.45, 2.75) is 6.42 Å². The summed E-state index contributed by atoms with van der Waals surface area (Å²) in [5, 5.41) is 18.2. The molecule has 2 heterocycles. The van der Waals surface area contributed by atoms with E-state index in [0.717, 1.165) is 0 Å². The van der Waals surface area contributed by atoms with Gasteiger partial charge in [0.15, 0.2) is 0 Å². The Labute approximate surface area is 128 Å². The highest BCUT2D eigenvalue weighted by Gasteiger charge is 2.40. The second kappa shape index (κ2) is 6.21. The monoisotopic (exact) mass is 356 g/mol. The van der Waals surface area contributed by atoms with Gasteiger partial charge in [0.25, 0.3) is 5.91 Å². The van der Waals surface area contributed by atoms with Gasteiger partial charge in [-0.1, -0.05) is 0 Å². The van der Waals surface area contributed by atoms with E-state index in [1.807, 2.05) is 0 Å². The summed E-state index contributed by atoms with van der Waals surface area (Å²) < 4.78 is 0.503. The minimum Gasteiger partial charge on any atom is -0.481 e. The van der Waals surface area contributed by atoms with Crippen molar-refractivity contribution < 1.29 is 24.6 Å². The maximum absolute atomic E-state index is 12.3. The second-order valence-corrected chi connectivity index (χ2v) is 5.61. The van der Waals surface area contributed by atoms with Gasteiger partial charge in [-0.3, -0.25) is 14.4 Å². The van der Waals surface area contributed by atoms with Crippen LogP contribution in [0.1, 0.15) is 16.8 Å². The van der Waals surface area contributed by atoms with Crippen molar-refractivity contribution in [2.24, 2.45) is 11.8 Å². The van der Waals surface area contributed by atoms with Gasteiger partial charge >= 0.3 is 11.9 Å². The van der Waals surface area contributed by atoms with E-state index in [0.29, 0.717) is 10.2 Å². The number of amides is 1. The summed E-state index contributed by atoms with van der Waals surface area (Å²) >= 11 is 3.16. The molecule has 1 amide bonds. The van der Waals surface area contributed by atoms with Gasteiger partial charge in [0.2, 0.25) is 0 Å². The van der Waals surface area contributed by atoms with Crippen LogP contribution in [0.25, 0.3) is 0 Å². The van der Waals surface area contributed by atoms with E-state index in [2.05, 4.69) is 20.9 Å². The fraction of sp³-hybridized carbons (Fsp3) is 0.385. The highest BCUT2D eigenvalue weighted by molar-refractivity contribution is 9.10. The topological polar surface area (TPSA) is 108 Å². The minimum absolute atomic E-state index is 0.106. The van der Waals surface area contributed by atoms with E-state index in [1.54, 1.807) is 6.07 Å². The third kappa shape index (κ3) is 3.38. The van der Waals surface area contributed by atoms with Crippen LogP contribution < -0.4 is 0 Å². The first kappa shape index (κ1) is 15.4. The van der Waals surface area contributed by atoms with E-state index < -0.39 is 23.8 Å². The number of aromatic nitrogens is 1. The molecule has 0 aromatic carbocycles. The average molecular weight is 357 g/mol. The van der Waals surface area contributed by atoms with Gasteiger partial charge in [-0.15, -0.1) is 0 Å². The lowest BCUT2D eigenvalue weighted by Gasteiger charge is -2.34. The van der Waals surface area contributed by atoms with Crippen molar-refractivity contribution in [1.82, 2.24) is 9.88 Å². The summed E-state index contributed by atoms with van der Waals surface area (Å²) in [6.07, 6.45) is 1.60. The quantitative estimate of drug-likeness (QED) is 0.785. The first-order valence-electron chi connectivity index (χ1n) is 6.26. The largest absolute Gasteiger partial charge is 0.481 e. The van der Waals surface area contributed by atoms with Gasteiger partial charge < -0.3 is 15.1 Å². The van der Waals surface area contributed by atoms with Gasteiger partial charge in [0.1, 0.15) is 4.60 Å². The molecular weight excluding hydrogens is 344 g/mol. The number of carboxylic acids is 2. The molecule has 1 saturated heterocycles. The van der Waals surface area contributed by atoms with E-state index in [-0.39, 0.29) is 25.4 Å². The Morgan fingerprint density at radius 3 is 2.48 bits per heavy atom. The first-order valence-corrected chi connectivity index (χ1v) is 7.06. The van der Waals surface area contributed by atoms with Gasteiger partial charge in [-0.2, -0.15) is 0 Å². The zero-order valence-electron chi connectivity index (χ0n) is 10.9. The Hall–Kier alpha value is -1.96. The van der Waals surface area contributed by atoms with Crippen molar-refractivity contribution in [2.75, 3.05) is 13.1 Å². The molecule has 0 spiro atoms. The van der Waals surface area contributed by atoms with Crippen molar-refractivity contribution in [3.05, 3.63) is 28.5 Å². The summed E-state index contributed by atoms with van der Waals surface area (Å²) in [7, 11) is 0. The molecule has 112 valence electrons. The summed E-state index contributed by atoms with van der Waals surface area (Å²) in [6.45, 7) is 0.116. The lowest BCUT2D eigenvalue weighted by atomic mass is 9.85. The summed E-state index contributed by atoms with van der Waals surface area (Å²) in [5.74, 6) is -4.72. The number of carbonyl (C=O) groups is 3. The fourth-order valence-corrected chi connectivity index (χ4v) is 2.77. The Bertz CT molecular complexity index is 592. The third-order valence-electron chi connectivity index (χ3n) is 3.51. The molecule has 0 aliphatic carbocycles. The van der Waals surface area contributed by atoms with Crippen LogP contribution in [-0.4, -0.2) is 51.0 Å². The molecule has 7 nitrogen and oxygen atoms in total. The Morgan fingerprint density at radius 1 is 1.24 bits per heavy atom. The molecule has 0 saturated carbocycles. The molecule has 8 heteroatoms. The summed E-state index contributed by atoms with van der Waals surface area (Å²) in [5.41, 5.74) is 0.384. The van der Waals surface area contributed by atoms with Crippen molar-refractivity contribution >= 4 is 33.8 Å². The van der Waals surface area contributed by atoms with Crippen LogP contribution in [-0.2, 0) is 9.59 Å². The molecule has 2 unspecified atom stereocenters. The normalized spacial score (nSPS) is 21.9. The van der Waals surface area contributed by atoms with Gasteiger partial charge in [0.05, 0.1) is 11.8 Å². The highest BCUT2D eigenvalue weighted by atomic mass is 79.9. The second-order valence-electron chi connectivity index (χ2n) is 4.80. The third-order valence-corrected chi connectivity index (χ3v) is 3.94. The number of nitrogens with zero attached hydrogens (tertiary/aromatic N) is 2. The number of aliphatic carboxylic acids is 2. The number of hydrogen-bond acceptors (Lipinski definition) is 4. The van der Waals surface area contributed by atoms with Gasteiger partial charge in [0, 0.05) is 24.8 Å². The fourth-order valence-electron chi connectivity index (χ4n) is 2.40. The SMILES string of the molecule is O=C(O)C1CCN(C(=O)c2ccnc(Br)c2)CC1C(=O)O. The molecule has 1 aromatic rings. The number of carboxylic acid groups (broad SMARTS) is 2. The van der Waals surface area contributed by atoms with Crippen LogP contribution in [0.15, 0.2) is 22.9 Å². The number of piperidine rings is 1. The lowest BCUT2D eigenvalue weighted by molar-refractivity contribution is -0.156. The molecule has 1 aliphatic heterocycles. The molecule has 2 N–H and O–H groups in total. The number of halogens is 1. The number of likely N-dealkylation sites (tertiary alicyclic amines) is 1. The predicted molar refractivity (Wildman–Crippen MR) is 74.7 cm³/mol. The van der Waals surface area contributed by atoms with Gasteiger partial charge in [-0.25, -0.2) is 4.98 Å². The van der Waals surface area contributed by atoms with Crippen LogP contribution in [0.4, 0.5) is 0 Å².